The summed E-state index contributed by atoms with van der Waals surface area (Å²) in [7, 11) is -2.00. The second-order valence-corrected chi connectivity index (χ2v) is 10.6. The minimum atomic E-state index is -3.63. The number of hydrogen-bond acceptors (Lipinski definition) is 4. The number of amides is 1. The van der Waals surface area contributed by atoms with Crippen LogP contribution < -0.4 is 10.2 Å². The zero-order valence-corrected chi connectivity index (χ0v) is 19.2. The van der Waals surface area contributed by atoms with Gasteiger partial charge in [-0.25, -0.2) is 12.8 Å². The maximum absolute atomic E-state index is 14.5. The first-order valence-electron chi connectivity index (χ1n) is 11.3. The van der Waals surface area contributed by atoms with Gasteiger partial charge in [-0.15, -0.1) is 0 Å². The third-order valence-corrected chi connectivity index (χ3v) is 8.48. The maximum Gasteiger partial charge on any atom is 0.255 e. The number of halogens is 1. The number of nitrogens with one attached hydrogen (secondary N) is 1. The molecule has 0 spiro atoms. The fourth-order valence-electron chi connectivity index (χ4n) is 4.63. The SMILES string of the molecule is CN(C1CCCCC1)S(=O)(=O)c1ccc(C(=O)Nc2c(F)cccc2N2CCCC2)cc1. The molecule has 1 saturated carbocycles. The maximum atomic E-state index is 14.5. The van der Waals surface area contributed by atoms with E-state index in [1.54, 1.807) is 19.2 Å². The summed E-state index contributed by atoms with van der Waals surface area (Å²) < 4.78 is 42.0. The lowest BCUT2D eigenvalue weighted by Gasteiger charge is -2.30. The zero-order valence-electron chi connectivity index (χ0n) is 18.4. The first-order chi connectivity index (χ1) is 15.4. The van der Waals surface area contributed by atoms with Crippen LogP contribution in [-0.4, -0.2) is 44.8 Å². The molecular formula is C24H30FN3O3S. The Hall–Kier alpha value is -2.45. The first-order valence-corrected chi connectivity index (χ1v) is 12.7. The molecule has 1 aliphatic carbocycles. The van der Waals surface area contributed by atoms with Gasteiger partial charge in [0.1, 0.15) is 11.5 Å². The molecule has 0 aromatic heterocycles. The lowest BCUT2D eigenvalue weighted by atomic mass is 9.96. The molecule has 8 heteroatoms. The summed E-state index contributed by atoms with van der Waals surface area (Å²) in [5, 5.41) is 2.69. The molecular weight excluding hydrogens is 429 g/mol. The summed E-state index contributed by atoms with van der Waals surface area (Å²) in [5.74, 6) is -0.962. The van der Waals surface area contributed by atoms with Crippen LogP contribution in [0.2, 0.25) is 0 Å². The Labute approximate surface area is 189 Å². The van der Waals surface area contributed by atoms with Gasteiger partial charge in [0.2, 0.25) is 10.0 Å². The lowest BCUT2D eigenvalue weighted by Crippen LogP contribution is -2.38. The Morgan fingerprint density at radius 3 is 2.31 bits per heavy atom. The molecule has 1 heterocycles. The number of anilines is 2. The van der Waals surface area contributed by atoms with E-state index in [0.717, 1.165) is 58.0 Å². The summed E-state index contributed by atoms with van der Waals surface area (Å²) in [6.45, 7) is 1.65. The standard InChI is InChI=1S/C24H30FN3O3S/c1-27(19-8-3-2-4-9-19)32(30,31)20-14-12-18(13-15-20)24(29)26-23-21(25)10-7-11-22(23)28-16-5-6-17-28/h7,10-15,19H,2-6,8-9,16-17H2,1H3,(H,26,29). The summed E-state index contributed by atoms with van der Waals surface area (Å²) in [5.41, 5.74) is 1.11. The highest BCUT2D eigenvalue weighted by Gasteiger charge is 2.29. The highest BCUT2D eigenvalue weighted by molar-refractivity contribution is 7.89. The van der Waals surface area contributed by atoms with E-state index in [2.05, 4.69) is 10.2 Å². The molecule has 172 valence electrons. The van der Waals surface area contributed by atoms with Gasteiger partial charge in [-0.05, 0) is 62.1 Å². The number of hydrogen-bond donors (Lipinski definition) is 1. The molecule has 0 unspecified atom stereocenters. The van der Waals surface area contributed by atoms with Gasteiger partial charge in [0.25, 0.3) is 5.91 Å². The van der Waals surface area contributed by atoms with Crippen molar-refractivity contribution in [3.8, 4) is 0 Å². The van der Waals surface area contributed by atoms with Crippen molar-refractivity contribution in [1.82, 2.24) is 4.31 Å². The van der Waals surface area contributed by atoms with E-state index in [1.165, 1.54) is 34.6 Å². The van der Waals surface area contributed by atoms with E-state index < -0.39 is 21.7 Å². The topological polar surface area (TPSA) is 69.7 Å². The van der Waals surface area contributed by atoms with Crippen molar-refractivity contribution in [3.63, 3.8) is 0 Å². The van der Waals surface area contributed by atoms with Crippen molar-refractivity contribution in [2.45, 2.75) is 55.9 Å². The number of carbonyl (C=O) groups is 1. The van der Waals surface area contributed by atoms with Crippen LogP contribution in [0.3, 0.4) is 0 Å². The minimum absolute atomic E-state index is 0.0155. The Bertz CT molecular complexity index is 1060. The first kappa shape index (κ1) is 22.7. The number of rotatable bonds is 6. The lowest BCUT2D eigenvalue weighted by molar-refractivity contribution is 0.102. The van der Waals surface area contributed by atoms with Gasteiger partial charge in [0, 0.05) is 31.7 Å². The highest BCUT2D eigenvalue weighted by Crippen LogP contribution is 2.32. The summed E-state index contributed by atoms with van der Waals surface area (Å²) in [4.78, 5) is 15.0. The third-order valence-electron chi connectivity index (χ3n) is 6.56. The molecule has 1 N–H and O–H groups in total. The Morgan fingerprint density at radius 2 is 1.66 bits per heavy atom. The third kappa shape index (κ3) is 4.66. The summed E-state index contributed by atoms with van der Waals surface area (Å²) in [6, 6.07) is 10.6. The van der Waals surface area contributed by atoms with Gasteiger partial charge in [0.15, 0.2) is 0 Å². The van der Waals surface area contributed by atoms with Crippen molar-refractivity contribution < 1.29 is 17.6 Å². The van der Waals surface area contributed by atoms with Crippen LogP contribution in [0.25, 0.3) is 0 Å². The smallest absolute Gasteiger partial charge is 0.255 e. The van der Waals surface area contributed by atoms with E-state index in [9.17, 15) is 17.6 Å². The number of para-hydroxylation sites is 1. The molecule has 6 nitrogen and oxygen atoms in total. The second-order valence-electron chi connectivity index (χ2n) is 8.62. The van der Waals surface area contributed by atoms with Gasteiger partial charge in [0.05, 0.1) is 10.6 Å². The van der Waals surface area contributed by atoms with Crippen LogP contribution in [0.15, 0.2) is 47.4 Å². The highest BCUT2D eigenvalue weighted by atomic mass is 32.2. The van der Waals surface area contributed by atoms with Crippen LogP contribution in [0.5, 0.6) is 0 Å². The summed E-state index contributed by atoms with van der Waals surface area (Å²) >= 11 is 0. The van der Waals surface area contributed by atoms with Crippen LogP contribution in [0.1, 0.15) is 55.3 Å². The van der Waals surface area contributed by atoms with E-state index in [-0.39, 0.29) is 22.2 Å². The van der Waals surface area contributed by atoms with Crippen molar-refractivity contribution in [1.29, 1.82) is 0 Å². The van der Waals surface area contributed by atoms with E-state index >= 15 is 0 Å². The van der Waals surface area contributed by atoms with Crippen molar-refractivity contribution in [3.05, 3.63) is 53.8 Å². The molecule has 2 aromatic rings. The second kappa shape index (κ2) is 9.58. The minimum Gasteiger partial charge on any atom is -0.370 e. The molecule has 0 atom stereocenters. The molecule has 1 amide bonds. The average Bonchev–Trinajstić information content (AvgIpc) is 3.35. The fourth-order valence-corrected chi connectivity index (χ4v) is 6.05. The molecule has 1 saturated heterocycles. The molecule has 32 heavy (non-hydrogen) atoms. The molecule has 0 radical (unpaired) electrons. The molecule has 2 fully saturated rings. The predicted octanol–water partition coefficient (Wildman–Crippen LogP) is 4.63. The van der Waals surface area contributed by atoms with Crippen LogP contribution >= 0.6 is 0 Å². The largest absolute Gasteiger partial charge is 0.370 e. The van der Waals surface area contributed by atoms with E-state index in [1.807, 2.05) is 0 Å². The molecule has 0 bridgehead atoms. The van der Waals surface area contributed by atoms with Crippen molar-refractivity contribution in [2.75, 3.05) is 30.4 Å². The quantitative estimate of drug-likeness (QED) is 0.684. The Kier molecular flexibility index (Phi) is 6.81. The summed E-state index contributed by atoms with van der Waals surface area (Å²) in [6.07, 6.45) is 7.05. The normalized spacial score (nSPS) is 17.7. The van der Waals surface area contributed by atoms with E-state index in [0.29, 0.717) is 5.69 Å². The number of nitrogens with zero attached hydrogens (tertiary/aromatic N) is 2. The van der Waals surface area contributed by atoms with Crippen LogP contribution in [0.4, 0.5) is 15.8 Å². The van der Waals surface area contributed by atoms with E-state index in [4.69, 9.17) is 0 Å². The number of sulfonamides is 1. The monoisotopic (exact) mass is 459 g/mol. The van der Waals surface area contributed by atoms with Gasteiger partial charge >= 0.3 is 0 Å². The van der Waals surface area contributed by atoms with Gasteiger partial charge < -0.3 is 10.2 Å². The molecule has 1 aliphatic heterocycles. The van der Waals surface area contributed by atoms with Crippen molar-refractivity contribution in [2.24, 2.45) is 0 Å². The number of carbonyl (C=O) groups excluding carboxylic acids is 1. The van der Waals surface area contributed by atoms with Crippen LogP contribution in [0, 0.1) is 5.82 Å². The average molecular weight is 460 g/mol. The molecule has 4 rings (SSSR count). The predicted molar refractivity (Wildman–Crippen MR) is 124 cm³/mol. The number of benzene rings is 2. The zero-order chi connectivity index (χ0) is 22.7. The van der Waals surface area contributed by atoms with Gasteiger partial charge in [-0.2, -0.15) is 4.31 Å². The molecule has 2 aromatic carbocycles. The fraction of sp³-hybridized carbons (Fsp3) is 0.458. The van der Waals surface area contributed by atoms with Gasteiger partial charge in [-0.3, -0.25) is 4.79 Å². The van der Waals surface area contributed by atoms with Crippen molar-refractivity contribution >= 4 is 27.3 Å². The Morgan fingerprint density at radius 1 is 1.00 bits per heavy atom. The van der Waals surface area contributed by atoms with Crippen LogP contribution in [-0.2, 0) is 10.0 Å². The molecule has 2 aliphatic rings. The van der Waals surface area contributed by atoms with Gasteiger partial charge in [-0.1, -0.05) is 25.3 Å². The Balaban J connectivity index is 1.51.